The van der Waals surface area contributed by atoms with Gasteiger partial charge in [-0.1, -0.05) is 31.2 Å². The molecule has 2 rings (SSSR count). The standard InChI is InChI=1S/C22H36O5/c1-13-7-9-17(14(2)8-10-18(24)21(4,5)25)20(27-15(3)23)19-16(13)11-12-22(19,6)26/h11-12,14,16-20,24-26H,1,7-10H2,2-6H3/t14-,16+,17+,18+,19-,20-,22-/m1/s1. The zero-order chi connectivity index (χ0) is 20.6. The number of rotatable bonds is 6. The first-order chi connectivity index (χ1) is 12.3. The number of allylic oxidation sites excluding steroid dienone is 2. The molecule has 0 bridgehead atoms. The molecule has 0 saturated heterocycles. The zero-order valence-electron chi connectivity index (χ0n) is 17.3. The molecule has 0 unspecified atom stereocenters. The fourth-order valence-corrected chi connectivity index (χ4v) is 4.72. The van der Waals surface area contributed by atoms with Gasteiger partial charge in [0.1, 0.15) is 6.10 Å². The number of aliphatic hydroxyl groups excluding tert-OH is 1. The van der Waals surface area contributed by atoms with E-state index in [1.54, 1.807) is 26.8 Å². The topological polar surface area (TPSA) is 87.0 Å². The lowest BCUT2D eigenvalue weighted by Gasteiger charge is -2.40. The van der Waals surface area contributed by atoms with Crippen molar-refractivity contribution in [1.29, 1.82) is 0 Å². The monoisotopic (exact) mass is 380 g/mol. The minimum Gasteiger partial charge on any atom is -0.462 e. The van der Waals surface area contributed by atoms with Crippen LogP contribution in [0, 0.1) is 23.7 Å². The molecule has 3 N–H and O–H groups in total. The van der Waals surface area contributed by atoms with Crippen LogP contribution in [0.1, 0.15) is 60.3 Å². The van der Waals surface area contributed by atoms with E-state index in [9.17, 15) is 20.1 Å². The molecule has 0 amide bonds. The number of aliphatic hydroxyl groups is 3. The molecule has 27 heavy (non-hydrogen) atoms. The summed E-state index contributed by atoms with van der Waals surface area (Å²) in [5.41, 5.74) is -1.13. The molecule has 2 aliphatic rings. The van der Waals surface area contributed by atoms with Crippen LogP contribution in [0.4, 0.5) is 0 Å². The lowest BCUT2D eigenvalue weighted by molar-refractivity contribution is -0.160. The SMILES string of the molecule is C=C1CC[C@@H]([C@H](C)CC[C@H](O)C(C)(C)O)[C@@H](OC(C)=O)[C@H]2[C@H]1C=C[C@@]2(C)O. The lowest BCUT2D eigenvalue weighted by atomic mass is 9.73. The maximum atomic E-state index is 11.9. The normalized spacial score (nSPS) is 36.1. The number of carbonyl (C=O) groups is 1. The van der Waals surface area contributed by atoms with E-state index in [4.69, 9.17) is 4.74 Å². The summed E-state index contributed by atoms with van der Waals surface area (Å²) in [6.45, 7) is 12.7. The van der Waals surface area contributed by atoms with Gasteiger partial charge in [-0.05, 0) is 58.3 Å². The van der Waals surface area contributed by atoms with Crippen LogP contribution in [0.5, 0.6) is 0 Å². The minimum absolute atomic E-state index is 0.00326. The summed E-state index contributed by atoms with van der Waals surface area (Å²) in [6.07, 6.45) is 5.40. The van der Waals surface area contributed by atoms with E-state index < -0.39 is 23.4 Å². The first kappa shape index (κ1) is 22.1. The summed E-state index contributed by atoms with van der Waals surface area (Å²) in [5.74, 6) is -0.371. The molecule has 7 atom stereocenters. The van der Waals surface area contributed by atoms with Gasteiger partial charge in [0, 0.05) is 18.8 Å². The molecular formula is C22H36O5. The van der Waals surface area contributed by atoms with Crippen molar-refractivity contribution in [3.63, 3.8) is 0 Å². The van der Waals surface area contributed by atoms with Gasteiger partial charge in [0.2, 0.25) is 0 Å². The van der Waals surface area contributed by atoms with Crippen molar-refractivity contribution in [2.45, 2.75) is 83.7 Å². The quantitative estimate of drug-likeness (QED) is 0.487. The molecule has 0 heterocycles. The second-order valence-electron chi connectivity index (χ2n) is 9.30. The summed E-state index contributed by atoms with van der Waals surface area (Å²) >= 11 is 0. The Morgan fingerprint density at radius 2 is 2.07 bits per heavy atom. The van der Waals surface area contributed by atoms with Crippen LogP contribution >= 0.6 is 0 Å². The maximum Gasteiger partial charge on any atom is 0.302 e. The Bertz CT molecular complexity index is 586. The minimum atomic E-state index is -1.14. The van der Waals surface area contributed by atoms with Crippen molar-refractivity contribution in [3.05, 3.63) is 24.3 Å². The van der Waals surface area contributed by atoms with Crippen molar-refractivity contribution in [2.75, 3.05) is 0 Å². The molecule has 2 aliphatic carbocycles. The van der Waals surface area contributed by atoms with Gasteiger partial charge in [-0.15, -0.1) is 0 Å². The van der Waals surface area contributed by atoms with Crippen molar-refractivity contribution in [3.8, 4) is 0 Å². The first-order valence-corrected chi connectivity index (χ1v) is 10.0. The molecule has 5 nitrogen and oxygen atoms in total. The van der Waals surface area contributed by atoms with Gasteiger partial charge in [0.15, 0.2) is 0 Å². The Morgan fingerprint density at radius 3 is 2.63 bits per heavy atom. The molecule has 0 radical (unpaired) electrons. The van der Waals surface area contributed by atoms with Gasteiger partial charge < -0.3 is 20.1 Å². The second-order valence-corrected chi connectivity index (χ2v) is 9.30. The molecule has 0 aromatic heterocycles. The Kier molecular flexibility index (Phi) is 6.60. The second kappa shape index (κ2) is 8.06. The fourth-order valence-electron chi connectivity index (χ4n) is 4.72. The van der Waals surface area contributed by atoms with E-state index >= 15 is 0 Å². The summed E-state index contributed by atoms with van der Waals surface area (Å²) in [6, 6.07) is 0. The smallest absolute Gasteiger partial charge is 0.302 e. The number of fused-ring (bicyclic) bond motifs is 1. The first-order valence-electron chi connectivity index (χ1n) is 10.0. The summed E-state index contributed by atoms with van der Waals surface area (Å²) < 4.78 is 5.78. The molecule has 1 saturated carbocycles. The Hall–Kier alpha value is -1.17. The molecular weight excluding hydrogens is 344 g/mol. The van der Waals surface area contributed by atoms with E-state index in [1.165, 1.54) is 6.92 Å². The van der Waals surface area contributed by atoms with Gasteiger partial charge in [-0.3, -0.25) is 4.79 Å². The summed E-state index contributed by atoms with van der Waals surface area (Å²) in [5, 5.41) is 31.1. The molecule has 0 aliphatic heterocycles. The van der Waals surface area contributed by atoms with Crippen LogP contribution in [0.25, 0.3) is 0 Å². The van der Waals surface area contributed by atoms with Gasteiger partial charge in [0.05, 0.1) is 17.3 Å². The van der Waals surface area contributed by atoms with Crippen LogP contribution in [-0.2, 0) is 9.53 Å². The van der Waals surface area contributed by atoms with Crippen molar-refractivity contribution < 1.29 is 24.9 Å². The van der Waals surface area contributed by atoms with Crippen molar-refractivity contribution in [1.82, 2.24) is 0 Å². The van der Waals surface area contributed by atoms with E-state index in [2.05, 4.69) is 13.5 Å². The van der Waals surface area contributed by atoms with Gasteiger partial charge in [-0.25, -0.2) is 0 Å². The molecule has 154 valence electrons. The van der Waals surface area contributed by atoms with E-state index in [0.717, 1.165) is 18.4 Å². The third-order valence-electron chi connectivity index (χ3n) is 6.49. The van der Waals surface area contributed by atoms with Crippen LogP contribution < -0.4 is 0 Å². The zero-order valence-corrected chi connectivity index (χ0v) is 17.3. The van der Waals surface area contributed by atoms with E-state index in [1.807, 2.05) is 6.08 Å². The molecule has 1 fully saturated rings. The Morgan fingerprint density at radius 1 is 1.44 bits per heavy atom. The molecule has 5 heteroatoms. The summed E-state index contributed by atoms with van der Waals surface area (Å²) in [7, 11) is 0. The fraction of sp³-hybridized carbons (Fsp3) is 0.773. The van der Waals surface area contributed by atoms with Gasteiger partial charge in [-0.2, -0.15) is 0 Å². The summed E-state index contributed by atoms with van der Waals surface area (Å²) in [4.78, 5) is 11.9. The average molecular weight is 381 g/mol. The van der Waals surface area contributed by atoms with E-state index in [-0.39, 0.29) is 29.6 Å². The van der Waals surface area contributed by atoms with Crippen LogP contribution in [0.3, 0.4) is 0 Å². The number of carbonyl (C=O) groups excluding carboxylic acids is 1. The number of esters is 1. The van der Waals surface area contributed by atoms with Crippen LogP contribution in [-0.4, -0.2) is 44.7 Å². The number of hydrogen-bond acceptors (Lipinski definition) is 5. The van der Waals surface area contributed by atoms with Crippen molar-refractivity contribution in [2.24, 2.45) is 23.7 Å². The van der Waals surface area contributed by atoms with Crippen LogP contribution in [0.2, 0.25) is 0 Å². The highest BCUT2D eigenvalue weighted by Gasteiger charge is 2.51. The highest BCUT2D eigenvalue weighted by Crippen LogP contribution is 2.49. The lowest BCUT2D eigenvalue weighted by Crippen LogP contribution is -2.47. The predicted molar refractivity (Wildman–Crippen MR) is 105 cm³/mol. The Labute approximate surface area is 163 Å². The highest BCUT2D eigenvalue weighted by molar-refractivity contribution is 5.66. The van der Waals surface area contributed by atoms with E-state index in [0.29, 0.717) is 12.8 Å². The molecule has 0 aromatic rings. The van der Waals surface area contributed by atoms with Crippen molar-refractivity contribution >= 4 is 5.97 Å². The maximum absolute atomic E-state index is 11.9. The average Bonchev–Trinajstić information content (AvgIpc) is 2.77. The van der Waals surface area contributed by atoms with Gasteiger partial charge in [0.25, 0.3) is 0 Å². The third-order valence-corrected chi connectivity index (χ3v) is 6.49. The number of hydrogen-bond donors (Lipinski definition) is 3. The van der Waals surface area contributed by atoms with Gasteiger partial charge >= 0.3 is 5.97 Å². The van der Waals surface area contributed by atoms with Crippen LogP contribution in [0.15, 0.2) is 24.3 Å². The largest absolute Gasteiger partial charge is 0.462 e. The molecule has 0 aromatic carbocycles. The Balaban J connectivity index is 2.24. The highest BCUT2D eigenvalue weighted by atomic mass is 16.5. The predicted octanol–water partition coefficient (Wildman–Crippen LogP) is 2.99. The number of ether oxygens (including phenoxy) is 1. The molecule has 0 spiro atoms. The third kappa shape index (κ3) is 5.01.